The molecule has 0 radical (unpaired) electrons. The summed E-state index contributed by atoms with van der Waals surface area (Å²) >= 11 is 0. The Bertz CT molecular complexity index is 59.8. The first kappa shape index (κ1) is 16.4. The summed E-state index contributed by atoms with van der Waals surface area (Å²) in [4.78, 5) is 0. The van der Waals surface area contributed by atoms with Crippen LogP contribution in [0.4, 0.5) is 0 Å². The van der Waals surface area contributed by atoms with Gasteiger partial charge < -0.3 is 0 Å². The summed E-state index contributed by atoms with van der Waals surface area (Å²) in [6.07, 6.45) is 11.1. The van der Waals surface area contributed by atoms with E-state index in [2.05, 4.69) is 34.6 Å². The molecule has 0 N–H and O–H groups in total. The van der Waals surface area contributed by atoms with Gasteiger partial charge in [0.15, 0.2) is 0 Å². The molecule has 0 rings (SSSR count). The molecule has 0 unspecified atom stereocenters. The van der Waals surface area contributed by atoms with E-state index in [0.29, 0.717) is 0 Å². The molecule has 0 aromatic heterocycles. The lowest BCUT2D eigenvalue weighted by molar-refractivity contribution is 0.407. The Morgan fingerprint density at radius 1 is 0.500 bits per heavy atom. The third-order valence-corrected chi connectivity index (χ3v) is 2.59. The fraction of sp³-hybridized carbons (Fsp3) is 1.00. The molecule has 0 aromatic rings. The fourth-order valence-corrected chi connectivity index (χ4v) is 1.66. The lowest BCUT2D eigenvalue weighted by atomic mass is 9.94. The molecule has 0 heterocycles. The summed E-state index contributed by atoms with van der Waals surface area (Å²) in [6, 6.07) is 0. The molecule has 0 amide bonds. The van der Waals surface area contributed by atoms with E-state index in [9.17, 15) is 0 Å². The van der Waals surface area contributed by atoms with Crippen molar-refractivity contribution < 1.29 is 0 Å². The maximum atomic E-state index is 2.29. The lowest BCUT2D eigenvalue weighted by Gasteiger charge is -2.12. The van der Waals surface area contributed by atoms with Gasteiger partial charge in [0.2, 0.25) is 0 Å². The van der Waals surface area contributed by atoms with Crippen molar-refractivity contribution in [2.75, 3.05) is 0 Å². The molecule has 0 nitrogen and oxygen atoms in total. The minimum atomic E-state index is 1.03. The Kier molecular flexibility index (Phi) is 18.2. The van der Waals surface area contributed by atoms with E-state index >= 15 is 0 Å². The van der Waals surface area contributed by atoms with Crippen LogP contribution in [0, 0.1) is 5.92 Å². The van der Waals surface area contributed by atoms with Gasteiger partial charge in [-0.3, -0.25) is 0 Å². The van der Waals surface area contributed by atoms with E-state index in [0.717, 1.165) is 5.92 Å². The van der Waals surface area contributed by atoms with Gasteiger partial charge in [-0.2, -0.15) is 0 Å². The van der Waals surface area contributed by atoms with E-state index in [1.54, 1.807) is 0 Å². The number of unbranched alkanes of at least 4 members (excludes halogenated alkanes) is 1. The lowest BCUT2D eigenvalue weighted by Crippen LogP contribution is -1.98. The fourth-order valence-electron chi connectivity index (χ4n) is 1.66. The Morgan fingerprint density at radius 2 is 0.786 bits per heavy atom. The molecule has 0 bridgehead atoms. The predicted molar refractivity (Wildman–Crippen MR) is 68.8 cm³/mol. The van der Waals surface area contributed by atoms with Gasteiger partial charge >= 0.3 is 0 Å². The maximum absolute atomic E-state index is 2.29. The molecule has 0 atom stereocenters. The van der Waals surface area contributed by atoms with Gasteiger partial charge in [0.05, 0.1) is 0 Å². The molecule has 0 fully saturated rings. The summed E-state index contributed by atoms with van der Waals surface area (Å²) in [6.45, 7) is 11.2. The Balaban J connectivity index is 0. The van der Waals surface area contributed by atoms with Gasteiger partial charge in [-0.1, -0.05) is 86.0 Å². The molecular formula is C14H32. The first-order valence-corrected chi connectivity index (χ1v) is 6.76. The van der Waals surface area contributed by atoms with Crippen LogP contribution in [0.1, 0.15) is 86.0 Å². The number of hydrogen-bond donors (Lipinski definition) is 0. The van der Waals surface area contributed by atoms with Crippen molar-refractivity contribution in [2.24, 2.45) is 5.92 Å². The van der Waals surface area contributed by atoms with Crippen LogP contribution in [0.5, 0.6) is 0 Å². The van der Waals surface area contributed by atoms with Crippen molar-refractivity contribution in [2.45, 2.75) is 86.0 Å². The van der Waals surface area contributed by atoms with Crippen molar-refractivity contribution >= 4 is 0 Å². The zero-order valence-corrected chi connectivity index (χ0v) is 11.2. The van der Waals surface area contributed by atoms with Crippen LogP contribution in [0.2, 0.25) is 0 Å². The van der Waals surface area contributed by atoms with Crippen LogP contribution in [0.25, 0.3) is 0 Å². The van der Waals surface area contributed by atoms with E-state index < -0.39 is 0 Å². The van der Waals surface area contributed by atoms with Crippen LogP contribution >= 0.6 is 0 Å². The molecule has 14 heavy (non-hydrogen) atoms. The molecule has 0 aliphatic rings. The Morgan fingerprint density at radius 3 is 0.929 bits per heavy atom. The third kappa shape index (κ3) is 14.5. The highest BCUT2D eigenvalue weighted by Gasteiger charge is 2.03. The van der Waals surface area contributed by atoms with Gasteiger partial charge in [0, 0.05) is 0 Å². The van der Waals surface area contributed by atoms with Gasteiger partial charge in [-0.05, 0) is 5.92 Å². The first-order valence-electron chi connectivity index (χ1n) is 6.76. The molecule has 0 saturated heterocycles. The van der Waals surface area contributed by atoms with Gasteiger partial charge in [-0.25, -0.2) is 0 Å². The minimum absolute atomic E-state index is 1.03. The standard InChI is InChI=1S/C10H22.C4H10/c1-4-7-10(8-5-2)9-6-3;1-3-4-2/h10H,4-9H2,1-3H3;3-4H2,1-2H3. The number of hydrogen-bond acceptors (Lipinski definition) is 0. The molecule has 0 heteroatoms. The van der Waals surface area contributed by atoms with E-state index in [1.165, 1.54) is 51.4 Å². The molecule has 0 aliphatic heterocycles. The van der Waals surface area contributed by atoms with Crippen molar-refractivity contribution in [3.63, 3.8) is 0 Å². The molecule has 0 aliphatic carbocycles. The maximum Gasteiger partial charge on any atom is -0.0415 e. The first-order chi connectivity index (χ1) is 6.76. The summed E-state index contributed by atoms with van der Waals surface area (Å²) in [5, 5.41) is 0. The van der Waals surface area contributed by atoms with Crippen LogP contribution in [0.3, 0.4) is 0 Å². The molecule has 0 spiro atoms. The van der Waals surface area contributed by atoms with Crippen molar-refractivity contribution in [3.05, 3.63) is 0 Å². The van der Waals surface area contributed by atoms with Gasteiger partial charge in [-0.15, -0.1) is 0 Å². The van der Waals surface area contributed by atoms with Gasteiger partial charge in [0.25, 0.3) is 0 Å². The van der Waals surface area contributed by atoms with Crippen LogP contribution < -0.4 is 0 Å². The second-order valence-electron chi connectivity index (χ2n) is 4.23. The average Bonchev–Trinajstić information content (AvgIpc) is 2.20. The highest BCUT2D eigenvalue weighted by Crippen LogP contribution is 2.18. The molecule has 88 valence electrons. The predicted octanol–water partition coefficient (Wildman–Crippen LogP) is 5.81. The average molecular weight is 200 g/mol. The van der Waals surface area contributed by atoms with E-state index in [-0.39, 0.29) is 0 Å². The zero-order chi connectivity index (χ0) is 11.2. The van der Waals surface area contributed by atoms with Crippen LogP contribution in [0.15, 0.2) is 0 Å². The van der Waals surface area contributed by atoms with Crippen LogP contribution in [-0.4, -0.2) is 0 Å². The quantitative estimate of drug-likeness (QED) is 0.486. The second kappa shape index (κ2) is 15.5. The topological polar surface area (TPSA) is 0 Å². The third-order valence-electron chi connectivity index (χ3n) is 2.59. The van der Waals surface area contributed by atoms with E-state index in [1.807, 2.05) is 0 Å². The second-order valence-corrected chi connectivity index (χ2v) is 4.23. The Hall–Kier alpha value is 0. The molecule has 0 saturated carbocycles. The highest BCUT2D eigenvalue weighted by atomic mass is 14.1. The van der Waals surface area contributed by atoms with Crippen LogP contribution in [-0.2, 0) is 0 Å². The van der Waals surface area contributed by atoms with Gasteiger partial charge in [0.1, 0.15) is 0 Å². The number of rotatable bonds is 7. The zero-order valence-electron chi connectivity index (χ0n) is 11.2. The summed E-state index contributed by atoms with van der Waals surface area (Å²) in [7, 11) is 0. The van der Waals surface area contributed by atoms with Crippen molar-refractivity contribution in [3.8, 4) is 0 Å². The summed E-state index contributed by atoms with van der Waals surface area (Å²) in [5.41, 5.74) is 0. The Labute approximate surface area is 92.5 Å². The SMILES string of the molecule is CCCC.CCCC(CCC)CCC. The molecule has 0 aromatic carbocycles. The minimum Gasteiger partial charge on any atom is -0.0654 e. The van der Waals surface area contributed by atoms with Crippen molar-refractivity contribution in [1.29, 1.82) is 0 Å². The monoisotopic (exact) mass is 200 g/mol. The summed E-state index contributed by atoms with van der Waals surface area (Å²) in [5.74, 6) is 1.03. The summed E-state index contributed by atoms with van der Waals surface area (Å²) < 4.78 is 0. The van der Waals surface area contributed by atoms with Crippen molar-refractivity contribution in [1.82, 2.24) is 0 Å². The normalized spacial score (nSPS) is 9.86. The van der Waals surface area contributed by atoms with E-state index in [4.69, 9.17) is 0 Å². The smallest absolute Gasteiger partial charge is 0.0415 e. The largest absolute Gasteiger partial charge is 0.0654 e. The highest BCUT2D eigenvalue weighted by molar-refractivity contribution is 4.56. The molecular weight excluding hydrogens is 168 g/mol.